The largest absolute Gasteiger partial charge is 0.460 e. The molecule has 260 valence electrons. The summed E-state index contributed by atoms with van der Waals surface area (Å²) < 4.78 is 16.5. The summed E-state index contributed by atoms with van der Waals surface area (Å²) in [6.07, 6.45) is 1.97. The molecular formula is C40H43N3O7. The first kappa shape index (κ1) is 35.8. The van der Waals surface area contributed by atoms with Crippen molar-refractivity contribution in [3.8, 4) is 0 Å². The third-order valence-electron chi connectivity index (χ3n) is 8.39. The lowest BCUT2D eigenvalue weighted by molar-refractivity contribution is -0.148. The normalized spacial score (nSPS) is 14.5. The molecule has 2 N–H and O–H groups in total. The Bertz CT molecular complexity index is 1690. The zero-order valence-corrected chi connectivity index (χ0v) is 28.0. The predicted molar refractivity (Wildman–Crippen MR) is 189 cm³/mol. The Balaban J connectivity index is 1.21. The number of esters is 2. The van der Waals surface area contributed by atoms with Crippen molar-refractivity contribution in [2.75, 3.05) is 18.0 Å². The highest BCUT2D eigenvalue weighted by Gasteiger charge is 2.35. The highest BCUT2D eigenvalue weighted by atomic mass is 16.5. The lowest BCUT2D eigenvalue weighted by Gasteiger charge is -2.28. The minimum Gasteiger partial charge on any atom is -0.460 e. The topological polar surface area (TPSA) is 123 Å². The summed E-state index contributed by atoms with van der Waals surface area (Å²) in [7, 11) is 0. The van der Waals surface area contributed by atoms with Crippen LogP contribution in [0.1, 0.15) is 47.9 Å². The van der Waals surface area contributed by atoms with E-state index in [2.05, 4.69) is 10.6 Å². The van der Waals surface area contributed by atoms with Crippen molar-refractivity contribution in [2.24, 2.45) is 0 Å². The number of hydrogen-bond acceptors (Lipinski definition) is 8. The van der Waals surface area contributed by atoms with Crippen LogP contribution >= 0.6 is 0 Å². The lowest BCUT2D eigenvalue weighted by atomic mass is 10.0. The molecule has 2 atom stereocenters. The maximum atomic E-state index is 14.1. The minimum absolute atomic E-state index is 0.0934. The van der Waals surface area contributed by atoms with Crippen LogP contribution in [0.15, 0.2) is 115 Å². The molecule has 10 nitrogen and oxygen atoms in total. The number of aryl methyl sites for hydroxylation is 1. The van der Waals surface area contributed by atoms with E-state index in [4.69, 9.17) is 14.2 Å². The molecule has 1 heterocycles. The Labute approximate surface area is 292 Å². The van der Waals surface area contributed by atoms with Gasteiger partial charge in [-0.2, -0.15) is 0 Å². The fraction of sp³-hybridized carbons (Fsp3) is 0.300. The first-order valence-corrected chi connectivity index (χ1v) is 17.0. The molecule has 5 rings (SSSR count). The summed E-state index contributed by atoms with van der Waals surface area (Å²) >= 11 is 0. The second-order valence-electron chi connectivity index (χ2n) is 12.1. The van der Waals surface area contributed by atoms with Crippen LogP contribution < -0.4 is 15.5 Å². The first-order chi connectivity index (χ1) is 24.5. The van der Waals surface area contributed by atoms with E-state index in [0.717, 1.165) is 22.3 Å². The summed E-state index contributed by atoms with van der Waals surface area (Å²) in [4.78, 5) is 54.3. The van der Waals surface area contributed by atoms with Crippen molar-refractivity contribution in [3.05, 3.63) is 138 Å². The summed E-state index contributed by atoms with van der Waals surface area (Å²) in [5.41, 5.74) is 4.16. The molecule has 0 fully saturated rings. The van der Waals surface area contributed by atoms with E-state index < -0.39 is 30.1 Å². The number of fused-ring (bicyclic) bond motifs is 1. The van der Waals surface area contributed by atoms with Crippen molar-refractivity contribution in [3.63, 3.8) is 0 Å². The van der Waals surface area contributed by atoms with Gasteiger partial charge in [0.25, 0.3) is 0 Å². The number of anilines is 1. The van der Waals surface area contributed by atoms with Crippen molar-refractivity contribution in [1.82, 2.24) is 10.6 Å². The third-order valence-corrected chi connectivity index (χ3v) is 8.39. The van der Waals surface area contributed by atoms with Crippen molar-refractivity contribution >= 4 is 29.6 Å². The van der Waals surface area contributed by atoms with E-state index in [1.807, 2.05) is 115 Å². The number of amides is 2. The number of para-hydroxylation sites is 1. The molecule has 0 saturated heterocycles. The zero-order chi connectivity index (χ0) is 35.0. The smallest absolute Gasteiger partial charge is 0.407 e. The monoisotopic (exact) mass is 677 g/mol. The maximum Gasteiger partial charge on any atom is 0.407 e. The Kier molecular flexibility index (Phi) is 13.5. The van der Waals surface area contributed by atoms with Gasteiger partial charge in [-0.05, 0) is 60.4 Å². The SMILES string of the molecule is O=C(CN1C(=O)[C@@H](N[C@@H](CCCCNC(=O)OCc2ccccc2)C(=O)OCc2ccccc2)CCc2ccccc21)OCc1ccccc1. The van der Waals surface area contributed by atoms with E-state index in [1.54, 1.807) is 0 Å². The highest BCUT2D eigenvalue weighted by Crippen LogP contribution is 2.27. The molecule has 4 aromatic carbocycles. The highest BCUT2D eigenvalue weighted by molar-refractivity contribution is 6.02. The Morgan fingerprint density at radius 2 is 1.26 bits per heavy atom. The van der Waals surface area contributed by atoms with Crippen LogP contribution in [0.25, 0.3) is 0 Å². The van der Waals surface area contributed by atoms with E-state index >= 15 is 0 Å². The van der Waals surface area contributed by atoms with Crippen LogP contribution in [0.2, 0.25) is 0 Å². The number of rotatable bonds is 16. The Hall–Kier alpha value is -5.48. The van der Waals surface area contributed by atoms with Gasteiger partial charge in [0.05, 0.1) is 6.04 Å². The number of unbranched alkanes of at least 4 members (excludes halogenated alkanes) is 1. The fourth-order valence-electron chi connectivity index (χ4n) is 5.73. The number of carbonyl (C=O) groups excluding carboxylic acids is 4. The minimum atomic E-state index is -0.800. The molecule has 2 amide bonds. The van der Waals surface area contributed by atoms with Crippen molar-refractivity contribution in [1.29, 1.82) is 0 Å². The van der Waals surface area contributed by atoms with Crippen molar-refractivity contribution in [2.45, 2.75) is 64.0 Å². The number of alkyl carbamates (subject to hydrolysis) is 1. The number of ether oxygens (including phenoxy) is 3. The van der Waals surface area contributed by atoms with Crippen LogP contribution in [0.3, 0.4) is 0 Å². The summed E-state index contributed by atoms with van der Waals surface area (Å²) in [5, 5.41) is 6.04. The molecular weight excluding hydrogens is 634 g/mol. The molecule has 0 radical (unpaired) electrons. The average Bonchev–Trinajstić information content (AvgIpc) is 3.28. The summed E-state index contributed by atoms with van der Waals surface area (Å²) in [6.45, 7) is 0.453. The van der Waals surface area contributed by atoms with E-state index in [9.17, 15) is 19.2 Å². The standard InChI is InChI=1S/C40H43N3O7/c44-37(48-27-30-14-4-1-5-15-30)26-43-36-22-11-10-20-33(36)23-24-34(38(43)45)42-35(39(46)49-28-31-16-6-2-7-17-31)21-12-13-25-41-40(47)50-29-32-18-8-3-9-19-32/h1-11,14-20,22,34-35,42H,12-13,21,23-29H2,(H,41,47)/t34-,35-/m0/s1. The van der Waals surface area contributed by atoms with Gasteiger partial charge >= 0.3 is 18.0 Å². The average molecular weight is 678 g/mol. The number of carbonyl (C=O) groups is 4. The van der Waals surface area contributed by atoms with Gasteiger partial charge in [0.1, 0.15) is 32.4 Å². The van der Waals surface area contributed by atoms with Crippen LogP contribution in [0.5, 0.6) is 0 Å². The second-order valence-corrected chi connectivity index (χ2v) is 12.1. The van der Waals surface area contributed by atoms with E-state index in [1.165, 1.54) is 4.90 Å². The van der Waals surface area contributed by atoms with Gasteiger partial charge in [-0.3, -0.25) is 24.6 Å². The zero-order valence-electron chi connectivity index (χ0n) is 28.0. The molecule has 0 unspecified atom stereocenters. The molecule has 0 saturated carbocycles. The van der Waals surface area contributed by atoms with Gasteiger partial charge < -0.3 is 19.5 Å². The van der Waals surface area contributed by atoms with Gasteiger partial charge in [-0.15, -0.1) is 0 Å². The van der Waals surface area contributed by atoms with Crippen molar-refractivity contribution < 1.29 is 33.4 Å². The molecule has 1 aliphatic heterocycles. The quantitative estimate of drug-likeness (QED) is 0.0857. The van der Waals surface area contributed by atoms with Crippen LogP contribution in [0.4, 0.5) is 10.5 Å². The number of nitrogens with zero attached hydrogens (tertiary/aromatic N) is 1. The molecule has 10 heteroatoms. The molecule has 50 heavy (non-hydrogen) atoms. The fourth-order valence-corrected chi connectivity index (χ4v) is 5.73. The molecule has 4 aromatic rings. The molecule has 0 spiro atoms. The lowest BCUT2D eigenvalue weighted by Crippen LogP contribution is -2.53. The van der Waals surface area contributed by atoms with E-state index in [0.29, 0.717) is 44.3 Å². The number of benzene rings is 4. The van der Waals surface area contributed by atoms with Gasteiger partial charge in [-0.25, -0.2) is 4.79 Å². The molecule has 0 aromatic heterocycles. The molecule has 0 aliphatic carbocycles. The summed E-state index contributed by atoms with van der Waals surface area (Å²) in [5.74, 6) is -1.34. The predicted octanol–water partition coefficient (Wildman–Crippen LogP) is 5.88. The Morgan fingerprint density at radius 3 is 1.90 bits per heavy atom. The van der Waals surface area contributed by atoms with Crippen LogP contribution in [-0.4, -0.2) is 49.1 Å². The van der Waals surface area contributed by atoms with Gasteiger partial charge in [0, 0.05) is 12.2 Å². The number of hydrogen-bond donors (Lipinski definition) is 2. The first-order valence-electron chi connectivity index (χ1n) is 17.0. The van der Waals surface area contributed by atoms with Gasteiger partial charge in [0.2, 0.25) is 5.91 Å². The van der Waals surface area contributed by atoms with Gasteiger partial charge in [0.15, 0.2) is 0 Å². The number of nitrogens with one attached hydrogen (secondary N) is 2. The molecule has 1 aliphatic rings. The summed E-state index contributed by atoms with van der Waals surface area (Å²) in [6, 6.07) is 34.1. The second kappa shape index (κ2) is 18.9. The van der Waals surface area contributed by atoms with Crippen LogP contribution in [0, 0.1) is 0 Å². The maximum absolute atomic E-state index is 14.1. The van der Waals surface area contributed by atoms with E-state index in [-0.39, 0.29) is 32.3 Å². The van der Waals surface area contributed by atoms with Crippen LogP contribution in [-0.2, 0) is 54.8 Å². The Morgan fingerprint density at radius 1 is 0.700 bits per heavy atom. The molecule has 0 bridgehead atoms. The van der Waals surface area contributed by atoms with Gasteiger partial charge in [-0.1, -0.05) is 109 Å². The third kappa shape index (κ3) is 11.0.